The highest BCUT2D eigenvalue weighted by Gasteiger charge is 2.20. The van der Waals surface area contributed by atoms with Crippen molar-refractivity contribution in [2.75, 3.05) is 0 Å². The second-order valence-electron chi connectivity index (χ2n) is 4.00. The topological polar surface area (TPSA) is 34.1 Å². The number of hydrogen-bond acceptors (Lipinski definition) is 2. The summed E-state index contributed by atoms with van der Waals surface area (Å²) in [6.07, 6.45) is 5.71. The first kappa shape index (κ1) is 10.8. The van der Waals surface area contributed by atoms with E-state index >= 15 is 0 Å². The first-order valence-electron chi connectivity index (χ1n) is 5.62. The van der Waals surface area contributed by atoms with Gasteiger partial charge in [-0.1, -0.05) is 36.4 Å². The average Bonchev–Trinajstić information content (AvgIpc) is 2.39. The Labute approximate surface area is 95.0 Å². The van der Waals surface area contributed by atoms with E-state index in [1.54, 1.807) is 24.3 Å². The van der Waals surface area contributed by atoms with Crippen LogP contribution >= 0.6 is 0 Å². The van der Waals surface area contributed by atoms with Crippen molar-refractivity contribution >= 4 is 11.6 Å². The van der Waals surface area contributed by atoms with Crippen LogP contribution in [-0.2, 0) is 4.79 Å². The zero-order valence-corrected chi connectivity index (χ0v) is 9.11. The normalized spacial score (nSPS) is 15.4. The fraction of sp³-hybridized carbons (Fsp3) is 0.286. The lowest BCUT2D eigenvalue weighted by Gasteiger charge is -2.10. The van der Waals surface area contributed by atoms with Crippen LogP contribution in [0, 0.1) is 0 Å². The largest absolute Gasteiger partial charge is 0.285 e. The number of allylic oxidation sites excluding steroid dienone is 2. The van der Waals surface area contributed by atoms with Gasteiger partial charge in [0, 0.05) is 5.56 Å². The summed E-state index contributed by atoms with van der Waals surface area (Å²) in [4.78, 5) is 23.7. The third-order valence-electron chi connectivity index (χ3n) is 2.82. The van der Waals surface area contributed by atoms with Gasteiger partial charge in [-0.15, -0.1) is 0 Å². The Morgan fingerprint density at radius 1 is 0.938 bits per heavy atom. The van der Waals surface area contributed by atoms with Gasteiger partial charge in [0.25, 0.3) is 0 Å². The van der Waals surface area contributed by atoms with E-state index in [1.165, 1.54) is 0 Å². The van der Waals surface area contributed by atoms with Gasteiger partial charge in [0.2, 0.25) is 11.6 Å². The van der Waals surface area contributed by atoms with Crippen LogP contribution in [0.4, 0.5) is 0 Å². The number of hydrogen-bond donors (Lipinski definition) is 0. The van der Waals surface area contributed by atoms with E-state index in [0.29, 0.717) is 11.1 Å². The molecule has 0 aliphatic heterocycles. The van der Waals surface area contributed by atoms with E-state index in [9.17, 15) is 9.59 Å². The number of benzene rings is 1. The van der Waals surface area contributed by atoms with E-state index in [1.807, 2.05) is 12.1 Å². The number of ketones is 2. The summed E-state index contributed by atoms with van der Waals surface area (Å²) in [7, 11) is 0. The number of carbonyl (C=O) groups excluding carboxylic acids is 2. The van der Waals surface area contributed by atoms with E-state index in [4.69, 9.17) is 0 Å². The van der Waals surface area contributed by atoms with Crippen LogP contribution in [0.5, 0.6) is 0 Å². The quantitative estimate of drug-likeness (QED) is 0.572. The summed E-state index contributed by atoms with van der Waals surface area (Å²) in [6, 6.07) is 8.75. The van der Waals surface area contributed by atoms with Crippen molar-refractivity contribution in [3.63, 3.8) is 0 Å². The van der Waals surface area contributed by atoms with Gasteiger partial charge < -0.3 is 0 Å². The first-order chi connectivity index (χ1) is 7.79. The minimum absolute atomic E-state index is 0.328. The molecule has 0 atom stereocenters. The lowest BCUT2D eigenvalue weighted by Crippen LogP contribution is -2.17. The molecule has 0 unspecified atom stereocenters. The summed E-state index contributed by atoms with van der Waals surface area (Å²) < 4.78 is 0. The van der Waals surface area contributed by atoms with Gasteiger partial charge >= 0.3 is 0 Å². The second-order valence-corrected chi connectivity index (χ2v) is 4.00. The summed E-state index contributed by atoms with van der Waals surface area (Å²) >= 11 is 0. The van der Waals surface area contributed by atoms with Crippen molar-refractivity contribution in [1.29, 1.82) is 0 Å². The molecule has 2 rings (SSSR count). The fourth-order valence-corrected chi connectivity index (χ4v) is 1.91. The van der Waals surface area contributed by atoms with E-state index in [0.717, 1.165) is 25.7 Å². The molecule has 2 nitrogen and oxygen atoms in total. The molecule has 0 N–H and O–H groups in total. The predicted octanol–water partition coefficient (Wildman–Crippen LogP) is 2.94. The molecule has 0 aromatic heterocycles. The molecule has 2 heteroatoms. The number of Topliss-reactive ketones (excluding diaryl/α,β-unsaturated/α-hetero) is 2. The van der Waals surface area contributed by atoms with Gasteiger partial charge in [0.1, 0.15) is 0 Å². The van der Waals surface area contributed by atoms with Gasteiger partial charge in [-0.25, -0.2) is 0 Å². The Morgan fingerprint density at radius 3 is 2.31 bits per heavy atom. The molecule has 0 saturated carbocycles. The Kier molecular flexibility index (Phi) is 3.30. The minimum atomic E-state index is -0.381. The Balaban J connectivity index is 2.16. The first-order valence-corrected chi connectivity index (χ1v) is 5.62. The van der Waals surface area contributed by atoms with Crippen LogP contribution in [0.1, 0.15) is 36.0 Å². The van der Waals surface area contributed by atoms with Gasteiger partial charge in [-0.3, -0.25) is 9.59 Å². The molecule has 1 aliphatic carbocycles. The average molecular weight is 214 g/mol. The molecule has 0 fully saturated rings. The molecular formula is C14H14O2. The molecule has 1 aromatic rings. The predicted molar refractivity (Wildman–Crippen MR) is 62.3 cm³/mol. The van der Waals surface area contributed by atoms with E-state index in [2.05, 4.69) is 0 Å². The lowest BCUT2D eigenvalue weighted by molar-refractivity contribution is -0.112. The zero-order valence-electron chi connectivity index (χ0n) is 9.11. The third kappa shape index (κ3) is 2.27. The smallest absolute Gasteiger partial charge is 0.233 e. The maximum absolute atomic E-state index is 11.9. The molecular weight excluding hydrogens is 200 g/mol. The van der Waals surface area contributed by atoms with Crippen molar-refractivity contribution in [1.82, 2.24) is 0 Å². The maximum atomic E-state index is 11.9. The molecule has 0 spiro atoms. The van der Waals surface area contributed by atoms with Crippen molar-refractivity contribution in [2.24, 2.45) is 0 Å². The molecule has 0 saturated heterocycles. The molecule has 0 amide bonds. The Hall–Kier alpha value is -1.70. The number of carbonyl (C=O) groups is 2. The highest BCUT2D eigenvalue weighted by Crippen LogP contribution is 2.19. The van der Waals surface area contributed by atoms with Gasteiger partial charge in [-0.05, 0) is 31.3 Å². The molecule has 1 aliphatic rings. The Morgan fingerprint density at radius 2 is 1.69 bits per heavy atom. The van der Waals surface area contributed by atoms with Crippen molar-refractivity contribution in [2.45, 2.75) is 25.7 Å². The van der Waals surface area contributed by atoms with Gasteiger partial charge in [-0.2, -0.15) is 0 Å². The summed E-state index contributed by atoms with van der Waals surface area (Å²) in [6.45, 7) is 0. The van der Waals surface area contributed by atoms with Crippen LogP contribution < -0.4 is 0 Å². The van der Waals surface area contributed by atoms with Crippen molar-refractivity contribution in [3.05, 3.63) is 47.5 Å². The zero-order chi connectivity index (χ0) is 11.4. The standard InChI is InChI=1S/C14H14O2/c15-13(11-7-3-1-4-8-11)14(16)12-9-5-2-6-10-12/h1,3-4,7-9H,2,5-6,10H2. The maximum Gasteiger partial charge on any atom is 0.233 e. The van der Waals surface area contributed by atoms with Gasteiger partial charge in [0.15, 0.2) is 0 Å². The minimum Gasteiger partial charge on any atom is -0.285 e. The van der Waals surface area contributed by atoms with Crippen LogP contribution in [0.3, 0.4) is 0 Å². The molecule has 1 aromatic carbocycles. The highest BCUT2D eigenvalue weighted by atomic mass is 16.2. The van der Waals surface area contributed by atoms with Crippen LogP contribution in [0.15, 0.2) is 42.0 Å². The molecule has 82 valence electrons. The second kappa shape index (κ2) is 4.88. The van der Waals surface area contributed by atoms with Crippen LogP contribution in [0.2, 0.25) is 0 Å². The molecule has 16 heavy (non-hydrogen) atoms. The lowest BCUT2D eigenvalue weighted by atomic mass is 9.93. The fourth-order valence-electron chi connectivity index (χ4n) is 1.91. The third-order valence-corrected chi connectivity index (χ3v) is 2.82. The summed E-state index contributed by atoms with van der Waals surface area (Å²) in [5.41, 5.74) is 1.18. The highest BCUT2D eigenvalue weighted by molar-refractivity contribution is 6.49. The molecule has 0 radical (unpaired) electrons. The monoisotopic (exact) mass is 214 g/mol. The van der Waals surface area contributed by atoms with Crippen molar-refractivity contribution < 1.29 is 9.59 Å². The van der Waals surface area contributed by atoms with Crippen molar-refractivity contribution in [3.8, 4) is 0 Å². The Bertz CT molecular complexity index is 429. The van der Waals surface area contributed by atoms with Gasteiger partial charge in [0.05, 0.1) is 0 Å². The van der Waals surface area contributed by atoms with Crippen LogP contribution in [0.25, 0.3) is 0 Å². The molecule has 0 bridgehead atoms. The summed E-state index contributed by atoms with van der Waals surface area (Å²) in [5.74, 6) is -0.709. The molecule has 0 heterocycles. The summed E-state index contributed by atoms with van der Waals surface area (Å²) in [5, 5.41) is 0. The van der Waals surface area contributed by atoms with E-state index < -0.39 is 0 Å². The van der Waals surface area contributed by atoms with E-state index in [-0.39, 0.29) is 11.6 Å². The van der Waals surface area contributed by atoms with Crippen LogP contribution in [-0.4, -0.2) is 11.6 Å². The number of rotatable bonds is 3. The SMILES string of the molecule is O=C(C(=O)c1ccccc1)C1=CCCCC1.